The van der Waals surface area contributed by atoms with Crippen molar-refractivity contribution in [1.29, 1.82) is 0 Å². The highest BCUT2D eigenvalue weighted by Gasteiger charge is 2.45. The van der Waals surface area contributed by atoms with Crippen LogP contribution in [0, 0.1) is 11.8 Å². The molecule has 0 radical (unpaired) electrons. The monoisotopic (exact) mass is 532 g/mol. The second kappa shape index (κ2) is 10.7. The second-order valence-corrected chi connectivity index (χ2v) is 11.7. The van der Waals surface area contributed by atoms with Gasteiger partial charge in [-0.25, -0.2) is 23.7 Å². The van der Waals surface area contributed by atoms with Gasteiger partial charge in [-0.3, -0.25) is 19.4 Å². The topological polar surface area (TPSA) is 179 Å². The van der Waals surface area contributed by atoms with E-state index in [0.717, 1.165) is 24.7 Å². The number of carboxylic acid groups (broad SMARTS) is 1. The van der Waals surface area contributed by atoms with Crippen LogP contribution in [-0.2, 0) is 31.4 Å². The molecule has 0 spiro atoms. The zero-order valence-corrected chi connectivity index (χ0v) is 21.2. The number of fused-ring (bicyclic) bond motifs is 1. The first kappa shape index (κ1) is 27.9. The van der Waals surface area contributed by atoms with Crippen molar-refractivity contribution in [1.82, 2.24) is 19.9 Å². The molecule has 2 aromatic rings. The van der Waals surface area contributed by atoms with Crippen molar-refractivity contribution in [3.8, 4) is 11.8 Å². The summed E-state index contributed by atoms with van der Waals surface area (Å²) in [6.45, 7) is 1.35. The van der Waals surface area contributed by atoms with Crippen LogP contribution in [0.1, 0.15) is 48.7 Å². The zero-order chi connectivity index (χ0) is 27.4. The van der Waals surface area contributed by atoms with Gasteiger partial charge in [-0.15, -0.1) is 0 Å². The number of aliphatic hydroxyl groups is 1. The number of hydrogen-bond donors (Lipinski definition) is 4. The first-order chi connectivity index (χ1) is 17.4. The van der Waals surface area contributed by atoms with Crippen molar-refractivity contribution in [2.45, 2.75) is 42.9 Å². The summed E-state index contributed by atoms with van der Waals surface area (Å²) in [5, 5.41) is 25.4. The van der Waals surface area contributed by atoms with Gasteiger partial charge in [-0.1, -0.05) is 12.0 Å². The fraction of sp³-hybridized carbons (Fsp3) is 0.417. The van der Waals surface area contributed by atoms with E-state index in [0.29, 0.717) is 17.0 Å². The van der Waals surface area contributed by atoms with Crippen LogP contribution in [0.15, 0.2) is 30.6 Å². The molecule has 3 heterocycles. The van der Waals surface area contributed by atoms with Gasteiger partial charge in [0, 0.05) is 41.9 Å². The summed E-state index contributed by atoms with van der Waals surface area (Å²) in [7, 11) is -3.84. The second-order valence-electron chi connectivity index (χ2n) is 9.21. The van der Waals surface area contributed by atoms with Gasteiger partial charge in [-0.2, -0.15) is 0 Å². The SMILES string of the molecule is CC(CCN1Cc2cc(C#Cc3ccc(C4(CO)CC4)cn3)cn2C1=O)(C(=O)NO)S(C)(=O)=O.O=CO. The quantitative estimate of drug-likeness (QED) is 0.171. The fourth-order valence-corrected chi connectivity index (χ4v) is 4.85. The molecule has 13 heteroatoms. The lowest BCUT2D eigenvalue weighted by Crippen LogP contribution is -2.50. The Bertz CT molecular complexity index is 1350. The number of hydroxylamine groups is 1. The molecular formula is C24H28N4O8S. The van der Waals surface area contributed by atoms with Crippen molar-refractivity contribution in [3.05, 3.63) is 53.1 Å². The van der Waals surface area contributed by atoms with Gasteiger partial charge >= 0.3 is 6.03 Å². The zero-order valence-electron chi connectivity index (χ0n) is 20.3. The smallest absolute Gasteiger partial charge is 0.328 e. The lowest BCUT2D eigenvalue weighted by atomic mass is 9.99. The lowest BCUT2D eigenvalue weighted by Gasteiger charge is -2.27. The van der Waals surface area contributed by atoms with Crippen molar-refractivity contribution >= 4 is 28.2 Å². The van der Waals surface area contributed by atoms with Gasteiger partial charge in [0.25, 0.3) is 12.4 Å². The Morgan fingerprint density at radius 3 is 2.49 bits per heavy atom. The van der Waals surface area contributed by atoms with Crippen molar-refractivity contribution in [2.75, 3.05) is 19.4 Å². The first-order valence-electron chi connectivity index (χ1n) is 11.3. The molecule has 4 rings (SSSR count). The third-order valence-electron chi connectivity index (χ3n) is 6.86. The predicted octanol–water partition coefficient (Wildman–Crippen LogP) is 0.490. The molecule has 0 saturated heterocycles. The molecular weight excluding hydrogens is 504 g/mol. The van der Waals surface area contributed by atoms with Crippen LogP contribution in [-0.4, -0.2) is 80.9 Å². The van der Waals surface area contributed by atoms with Crippen molar-refractivity contribution in [3.63, 3.8) is 0 Å². The van der Waals surface area contributed by atoms with Crippen LogP contribution in [0.2, 0.25) is 0 Å². The number of nitrogens with zero attached hydrogens (tertiary/aromatic N) is 3. The van der Waals surface area contributed by atoms with Crippen LogP contribution in [0.4, 0.5) is 4.79 Å². The largest absolute Gasteiger partial charge is 0.483 e. The molecule has 0 aromatic carbocycles. The van der Waals surface area contributed by atoms with Crippen molar-refractivity contribution < 1.29 is 38.2 Å². The van der Waals surface area contributed by atoms with Gasteiger partial charge in [0.05, 0.1) is 13.2 Å². The molecule has 2 aliphatic rings. The minimum Gasteiger partial charge on any atom is -0.483 e. The molecule has 2 aromatic heterocycles. The van der Waals surface area contributed by atoms with E-state index >= 15 is 0 Å². The van der Waals surface area contributed by atoms with E-state index in [1.54, 1.807) is 18.5 Å². The van der Waals surface area contributed by atoms with E-state index < -0.39 is 20.5 Å². The van der Waals surface area contributed by atoms with Crippen molar-refractivity contribution in [2.24, 2.45) is 0 Å². The number of aromatic nitrogens is 2. The highest BCUT2D eigenvalue weighted by molar-refractivity contribution is 7.92. The summed E-state index contributed by atoms with van der Waals surface area (Å²) in [6.07, 6.45) is 6.03. The summed E-state index contributed by atoms with van der Waals surface area (Å²) in [5.74, 6) is 4.94. The Hall–Kier alpha value is -3.73. The van der Waals surface area contributed by atoms with E-state index in [9.17, 15) is 23.1 Å². The number of nitrogens with one attached hydrogen (secondary N) is 1. The molecule has 198 valence electrons. The summed E-state index contributed by atoms with van der Waals surface area (Å²) < 4.78 is 23.8. The van der Waals surface area contributed by atoms with Crippen LogP contribution in [0.5, 0.6) is 0 Å². The Morgan fingerprint density at radius 2 is 2.00 bits per heavy atom. The van der Waals surface area contributed by atoms with Crippen LogP contribution >= 0.6 is 0 Å². The van der Waals surface area contributed by atoms with Gasteiger partial charge in [0.15, 0.2) is 14.6 Å². The van der Waals surface area contributed by atoms with Gasteiger partial charge in [-0.05, 0) is 49.8 Å². The minimum absolute atomic E-state index is 0.0180. The number of rotatable bonds is 7. The Kier molecular flexibility index (Phi) is 8.06. The maximum Gasteiger partial charge on any atom is 0.328 e. The van der Waals surface area contributed by atoms with Gasteiger partial charge in [0.1, 0.15) is 5.69 Å². The number of carbonyl (C=O) groups excluding carboxylic acids is 2. The predicted molar refractivity (Wildman–Crippen MR) is 130 cm³/mol. The number of pyridine rings is 1. The molecule has 37 heavy (non-hydrogen) atoms. The fourth-order valence-electron chi connectivity index (χ4n) is 4.01. The summed E-state index contributed by atoms with van der Waals surface area (Å²) in [6, 6.07) is 5.18. The summed E-state index contributed by atoms with van der Waals surface area (Å²) >= 11 is 0. The average molecular weight is 533 g/mol. The van der Waals surface area contributed by atoms with E-state index in [4.69, 9.17) is 15.1 Å². The molecule has 1 fully saturated rings. The summed E-state index contributed by atoms with van der Waals surface area (Å²) in [4.78, 5) is 38.9. The number of hydrogen-bond acceptors (Lipinski definition) is 8. The van der Waals surface area contributed by atoms with Crippen LogP contribution in [0.3, 0.4) is 0 Å². The highest BCUT2D eigenvalue weighted by atomic mass is 32.2. The highest BCUT2D eigenvalue weighted by Crippen LogP contribution is 2.47. The van der Waals surface area contributed by atoms with E-state index in [1.807, 2.05) is 12.1 Å². The van der Waals surface area contributed by atoms with Crippen LogP contribution < -0.4 is 5.48 Å². The number of aliphatic hydroxyl groups excluding tert-OH is 1. The van der Waals surface area contributed by atoms with Gasteiger partial charge < -0.3 is 15.1 Å². The third kappa shape index (κ3) is 5.66. The van der Waals surface area contributed by atoms with E-state index in [2.05, 4.69) is 16.8 Å². The Labute approximate surface area is 213 Å². The number of amides is 2. The molecule has 0 bridgehead atoms. The number of sulfone groups is 1. The molecule has 1 aliphatic heterocycles. The van der Waals surface area contributed by atoms with Crippen LogP contribution in [0.25, 0.3) is 0 Å². The van der Waals surface area contributed by atoms with E-state index in [-0.39, 0.29) is 44.0 Å². The van der Waals surface area contributed by atoms with Gasteiger partial charge in [0.2, 0.25) is 0 Å². The Morgan fingerprint density at radius 1 is 1.32 bits per heavy atom. The summed E-state index contributed by atoms with van der Waals surface area (Å²) in [5.41, 5.74) is 4.19. The lowest BCUT2D eigenvalue weighted by molar-refractivity contribution is -0.131. The average Bonchev–Trinajstić information content (AvgIpc) is 3.49. The maximum atomic E-state index is 12.8. The standard InChI is InChI=1S/C23H26N4O6S.CH2O2/c1-22(20(29)25-31,34(2,32)33)9-10-26-14-19-11-16(13-27(19)21(26)30)3-5-18-6-4-17(12-24-18)23(15-28)7-8-23;2-1-3/h4,6,11-13,28,31H,7-10,14-15H2,1-2H3,(H,25,29);1H,(H,2,3). The molecule has 12 nitrogen and oxygen atoms in total. The maximum absolute atomic E-state index is 12.8. The molecule has 1 atom stereocenters. The number of carbonyl (C=O) groups is 3. The van der Waals surface area contributed by atoms with E-state index in [1.165, 1.54) is 21.9 Å². The molecule has 2 amide bonds. The minimum atomic E-state index is -3.84. The molecule has 1 unspecified atom stereocenters. The Balaban J connectivity index is 0.00000121. The molecule has 4 N–H and O–H groups in total. The third-order valence-corrected chi connectivity index (χ3v) is 8.88. The molecule has 1 saturated carbocycles. The molecule has 1 aliphatic carbocycles. The normalized spacial score (nSPS) is 16.9. The first-order valence-corrected chi connectivity index (χ1v) is 13.2.